The molecule has 0 bridgehead atoms. The highest BCUT2D eigenvalue weighted by atomic mass is 35.5. The van der Waals surface area contributed by atoms with Crippen LogP contribution in [0.25, 0.3) is 0 Å². The van der Waals surface area contributed by atoms with Crippen LogP contribution < -0.4 is 24.3 Å². The summed E-state index contributed by atoms with van der Waals surface area (Å²) < 4.78 is 20.7. The first kappa shape index (κ1) is 24.2. The largest absolute Gasteiger partial charge is 0.497 e. The second-order valence-electron chi connectivity index (χ2n) is 6.07. The molecule has 0 spiro atoms. The molecule has 0 aliphatic carbocycles. The number of hydrogen-bond acceptors (Lipinski definition) is 8. The van der Waals surface area contributed by atoms with E-state index in [1.165, 1.54) is 59.6 Å². The van der Waals surface area contributed by atoms with Crippen LogP contribution in [-0.4, -0.2) is 46.2 Å². The van der Waals surface area contributed by atoms with Crippen LogP contribution in [0.5, 0.6) is 23.0 Å². The van der Waals surface area contributed by atoms with Crippen molar-refractivity contribution in [2.24, 2.45) is 10.2 Å². The van der Waals surface area contributed by atoms with Crippen molar-refractivity contribution >= 4 is 46.3 Å². The molecule has 2 aromatic rings. The fourth-order valence-corrected chi connectivity index (χ4v) is 3.02. The summed E-state index contributed by atoms with van der Waals surface area (Å²) in [4.78, 5) is 24.8. The van der Waals surface area contributed by atoms with Gasteiger partial charge in [-0.05, 0) is 6.92 Å². The average molecular weight is 470 g/mol. The summed E-state index contributed by atoms with van der Waals surface area (Å²) in [6, 6.07) is 4.54. The van der Waals surface area contributed by atoms with Gasteiger partial charge in [-0.1, -0.05) is 23.2 Å². The molecule has 0 aromatic heterocycles. The number of carbonyl (C=O) groups excluding carboxylic acids is 2. The van der Waals surface area contributed by atoms with Crippen molar-refractivity contribution in [1.82, 2.24) is 0 Å². The third-order valence-electron chi connectivity index (χ3n) is 4.08. The Morgan fingerprint density at radius 2 is 1.55 bits per heavy atom. The molecule has 9 nitrogen and oxygen atoms in total. The second-order valence-corrected chi connectivity index (χ2v) is 6.88. The number of ketones is 1. The van der Waals surface area contributed by atoms with E-state index < -0.39 is 17.7 Å². The Hall–Kier alpha value is -3.04. The molecule has 2 rings (SSSR count). The lowest BCUT2D eigenvalue weighted by atomic mass is 10.2. The zero-order valence-corrected chi connectivity index (χ0v) is 19.0. The summed E-state index contributed by atoms with van der Waals surface area (Å²) >= 11 is 12.3. The molecule has 1 amide bonds. The predicted octanol–water partition coefficient (Wildman–Crippen LogP) is 4.71. The van der Waals surface area contributed by atoms with Crippen molar-refractivity contribution in [1.29, 1.82) is 0 Å². The SMILES string of the molecule is COc1cc(Cl)c(OC)c(N=NC(C(C)=O)C(=O)Nc2cc(OC)c(OC)cc2Cl)c1. The van der Waals surface area contributed by atoms with Gasteiger partial charge >= 0.3 is 0 Å². The first-order chi connectivity index (χ1) is 14.7. The molecule has 0 saturated heterocycles. The van der Waals surface area contributed by atoms with Crippen molar-refractivity contribution in [3.63, 3.8) is 0 Å². The van der Waals surface area contributed by atoms with Gasteiger partial charge in [-0.25, -0.2) is 0 Å². The number of Topliss-reactive ketones (excluding diaryl/α,β-unsaturated/α-hetero) is 1. The van der Waals surface area contributed by atoms with Crippen LogP contribution >= 0.6 is 23.2 Å². The number of azo groups is 1. The maximum Gasteiger partial charge on any atom is 0.258 e. The van der Waals surface area contributed by atoms with E-state index >= 15 is 0 Å². The minimum Gasteiger partial charge on any atom is -0.497 e. The maximum atomic E-state index is 12.7. The van der Waals surface area contributed by atoms with Crippen LogP contribution in [0.15, 0.2) is 34.5 Å². The van der Waals surface area contributed by atoms with Crippen LogP contribution in [-0.2, 0) is 9.59 Å². The van der Waals surface area contributed by atoms with Crippen LogP contribution in [0, 0.1) is 0 Å². The monoisotopic (exact) mass is 469 g/mol. The van der Waals surface area contributed by atoms with E-state index in [2.05, 4.69) is 15.5 Å². The van der Waals surface area contributed by atoms with Crippen LogP contribution in [0.3, 0.4) is 0 Å². The molecule has 0 aliphatic rings. The summed E-state index contributed by atoms with van der Waals surface area (Å²) in [5, 5.41) is 10.9. The maximum absolute atomic E-state index is 12.7. The third kappa shape index (κ3) is 5.77. The molecule has 0 aliphatic heterocycles. The number of rotatable bonds is 9. The van der Waals surface area contributed by atoms with E-state index in [-0.39, 0.29) is 27.2 Å². The smallest absolute Gasteiger partial charge is 0.258 e. The zero-order chi connectivity index (χ0) is 23.1. The molecule has 1 unspecified atom stereocenters. The fourth-order valence-electron chi connectivity index (χ4n) is 2.54. The number of carbonyl (C=O) groups is 2. The molecule has 0 saturated carbocycles. The van der Waals surface area contributed by atoms with Gasteiger partial charge in [0.1, 0.15) is 11.4 Å². The Kier molecular flexibility index (Phi) is 8.47. The van der Waals surface area contributed by atoms with Gasteiger partial charge in [0.15, 0.2) is 23.0 Å². The summed E-state index contributed by atoms with van der Waals surface area (Å²) in [5.41, 5.74) is 0.405. The number of anilines is 1. The van der Waals surface area contributed by atoms with Crippen molar-refractivity contribution in [2.45, 2.75) is 13.0 Å². The normalized spacial score (nSPS) is 11.7. The predicted molar refractivity (Wildman–Crippen MR) is 117 cm³/mol. The van der Waals surface area contributed by atoms with Crippen molar-refractivity contribution < 1.29 is 28.5 Å². The van der Waals surface area contributed by atoms with Crippen LogP contribution in [0.1, 0.15) is 6.92 Å². The lowest BCUT2D eigenvalue weighted by molar-refractivity contribution is -0.126. The zero-order valence-electron chi connectivity index (χ0n) is 17.5. The minimum atomic E-state index is -1.45. The average Bonchev–Trinajstić information content (AvgIpc) is 2.74. The quantitative estimate of drug-likeness (QED) is 0.420. The molecule has 1 N–H and O–H groups in total. The van der Waals surface area contributed by atoms with Gasteiger partial charge in [0, 0.05) is 24.3 Å². The van der Waals surface area contributed by atoms with E-state index in [9.17, 15) is 9.59 Å². The minimum absolute atomic E-state index is 0.187. The van der Waals surface area contributed by atoms with Gasteiger partial charge in [0.05, 0.1) is 44.2 Å². The molecule has 0 fully saturated rings. The van der Waals surface area contributed by atoms with Crippen LogP contribution in [0.2, 0.25) is 10.0 Å². The number of benzene rings is 2. The van der Waals surface area contributed by atoms with E-state index in [0.717, 1.165) is 0 Å². The number of methoxy groups -OCH3 is 4. The topological polar surface area (TPSA) is 108 Å². The number of nitrogens with zero attached hydrogens (tertiary/aromatic N) is 2. The van der Waals surface area contributed by atoms with Gasteiger partial charge in [-0.15, -0.1) is 0 Å². The van der Waals surface area contributed by atoms with Gasteiger partial charge in [0.25, 0.3) is 5.91 Å². The van der Waals surface area contributed by atoms with Gasteiger partial charge in [-0.2, -0.15) is 10.2 Å². The van der Waals surface area contributed by atoms with Gasteiger partial charge in [0.2, 0.25) is 6.04 Å². The Morgan fingerprint density at radius 3 is 2.10 bits per heavy atom. The molecular formula is C20H21Cl2N3O6. The highest BCUT2D eigenvalue weighted by Gasteiger charge is 2.25. The summed E-state index contributed by atoms with van der Waals surface area (Å²) in [6.45, 7) is 1.22. The number of nitrogens with one attached hydrogen (secondary N) is 1. The molecule has 1 atom stereocenters. The van der Waals surface area contributed by atoms with E-state index in [1.807, 2.05) is 0 Å². The van der Waals surface area contributed by atoms with Gasteiger partial charge in [-0.3, -0.25) is 9.59 Å². The Bertz CT molecular complexity index is 1010. The third-order valence-corrected chi connectivity index (χ3v) is 4.68. The standard InChI is InChI=1S/C20H21Cl2N3O6/c1-10(26)18(25-24-15-7-11(28-2)6-13(22)19(15)31-5)20(27)23-14-9-17(30-4)16(29-3)8-12(14)21/h6-9,18H,1-5H3,(H,23,27). The number of hydrogen-bond donors (Lipinski definition) is 1. The van der Waals surface area contributed by atoms with Crippen LogP contribution in [0.4, 0.5) is 11.4 Å². The molecule has 11 heteroatoms. The second kappa shape index (κ2) is 10.8. The van der Waals surface area contributed by atoms with E-state index in [0.29, 0.717) is 17.2 Å². The fraction of sp³-hybridized carbons (Fsp3) is 0.300. The van der Waals surface area contributed by atoms with Gasteiger partial charge < -0.3 is 24.3 Å². The molecule has 0 radical (unpaired) electrons. The van der Waals surface area contributed by atoms with E-state index in [1.54, 1.807) is 0 Å². The first-order valence-electron chi connectivity index (χ1n) is 8.80. The number of amides is 1. The molecular weight excluding hydrogens is 449 g/mol. The van der Waals surface area contributed by atoms with Crippen molar-refractivity contribution in [3.05, 3.63) is 34.3 Å². The Morgan fingerprint density at radius 1 is 0.903 bits per heavy atom. The van der Waals surface area contributed by atoms with E-state index in [4.69, 9.17) is 42.1 Å². The summed E-state index contributed by atoms with van der Waals surface area (Å²) in [6.07, 6.45) is 0. The molecule has 31 heavy (non-hydrogen) atoms. The lowest BCUT2D eigenvalue weighted by Crippen LogP contribution is -2.31. The first-order valence-corrected chi connectivity index (χ1v) is 9.56. The number of halogens is 2. The summed E-state index contributed by atoms with van der Waals surface area (Å²) in [5.74, 6) is 0.0796. The summed E-state index contributed by atoms with van der Waals surface area (Å²) in [7, 11) is 5.76. The highest BCUT2D eigenvalue weighted by molar-refractivity contribution is 6.34. The Labute approximate surface area is 189 Å². The van der Waals surface area contributed by atoms with Crippen molar-refractivity contribution in [3.8, 4) is 23.0 Å². The molecule has 2 aromatic carbocycles. The highest BCUT2D eigenvalue weighted by Crippen LogP contribution is 2.39. The molecule has 0 heterocycles. The molecule has 166 valence electrons. The lowest BCUT2D eigenvalue weighted by Gasteiger charge is -2.14. The van der Waals surface area contributed by atoms with Crippen molar-refractivity contribution in [2.75, 3.05) is 33.8 Å². The number of ether oxygens (including phenoxy) is 4. The Balaban J connectivity index is 2.35.